The Labute approximate surface area is 115 Å². The summed E-state index contributed by atoms with van der Waals surface area (Å²) in [5.41, 5.74) is -0.124. The second-order valence-corrected chi connectivity index (χ2v) is 4.78. The zero-order valence-electron chi connectivity index (χ0n) is 12.0. The van der Waals surface area contributed by atoms with Crippen LogP contribution in [-0.2, 0) is 14.3 Å². The fourth-order valence-electron chi connectivity index (χ4n) is 1.72. The van der Waals surface area contributed by atoms with Crippen molar-refractivity contribution >= 4 is 11.9 Å². The zero-order chi connectivity index (χ0) is 14.5. The first-order valence-corrected chi connectivity index (χ1v) is 7.14. The van der Waals surface area contributed by atoms with E-state index in [1.807, 2.05) is 0 Å². The Morgan fingerprint density at radius 2 is 1.53 bits per heavy atom. The van der Waals surface area contributed by atoms with Crippen LogP contribution in [0.4, 0.5) is 0 Å². The minimum absolute atomic E-state index is 0.124. The van der Waals surface area contributed by atoms with E-state index >= 15 is 0 Å². The molecule has 4 nitrogen and oxygen atoms in total. The molecule has 0 saturated carbocycles. The number of unbranched alkanes of at least 4 members (excludes halogenated alkanes) is 7. The monoisotopic (exact) mass is 270 g/mol. The SMILES string of the molecule is C=C(CC(=O)OCCCCCCCCCC)C(=O)O. The molecular formula is C15H26O4. The Kier molecular flexibility index (Phi) is 10.9. The molecule has 0 heterocycles. The van der Waals surface area contributed by atoms with Gasteiger partial charge in [0.05, 0.1) is 13.0 Å². The summed E-state index contributed by atoms with van der Waals surface area (Å²) >= 11 is 0. The number of esters is 1. The first kappa shape index (κ1) is 17.7. The molecule has 0 aliphatic carbocycles. The van der Waals surface area contributed by atoms with E-state index in [0.717, 1.165) is 12.8 Å². The van der Waals surface area contributed by atoms with Crippen LogP contribution >= 0.6 is 0 Å². The summed E-state index contributed by atoms with van der Waals surface area (Å²) < 4.78 is 4.94. The minimum Gasteiger partial charge on any atom is -0.478 e. The fraction of sp³-hybridized carbons (Fsp3) is 0.733. The maximum Gasteiger partial charge on any atom is 0.331 e. The van der Waals surface area contributed by atoms with Gasteiger partial charge in [-0.3, -0.25) is 4.79 Å². The third kappa shape index (κ3) is 11.5. The number of hydrogen-bond acceptors (Lipinski definition) is 3. The van der Waals surface area contributed by atoms with E-state index in [0.29, 0.717) is 6.61 Å². The highest BCUT2D eigenvalue weighted by molar-refractivity contribution is 5.91. The summed E-state index contributed by atoms with van der Waals surface area (Å²) in [6.45, 7) is 5.86. The van der Waals surface area contributed by atoms with Gasteiger partial charge in [-0.25, -0.2) is 4.79 Å². The van der Waals surface area contributed by atoms with E-state index in [1.165, 1.54) is 38.5 Å². The normalized spacial score (nSPS) is 10.2. The summed E-state index contributed by atoms with van der Waals surface area (Å²) in [5.74, 6) is -1.65. The van der Waals surface area contributed by atoms with Crippen LogP contribution in [-0.4, -0.2) is 23.7 Å². The highest BCUT2D eigenvalue weighted by Crippen LogP contribution is 2.08. The predicted octanol–water partition coefficient (Wildman–Crippen LogP) is 3.70. The molecule has 0 unspecified atom stereocenters. The molecule has 0 spiro atoms. The Morgan fingerprint density at radius 1 is 1.00 bits per heavy atom. The molecule has 0 aromatic rings. The summed E-state index contributed by atoms with van der Waals surface area (Å²) in [4.78, 5) is 21.7. The van der Waals surface area contributed by atoms with Crippen LogP contribution in [0.1, 0.15) is 64.7 Å². The molecule has 1 N–H and O–H groups in total. The number of rotatable bonds is 12. The predicted molar refractivity (Wildman–Crippen MR) is 75.0 cm³/mol. The Hall–Kier alpha value is -1.32. The van der Waals surface area contributed by atoms with Gasteiger partial charge in [-0.15, -0.1) is 0 Å². The van der Waals surface area contributed by atoms with Crippen LogP contribution < -0.4 is 0 Å². The molecule has 0 atom stereocenters. The third-order valence-electron chi connectivity index (χ3n) is 2.92. The summed E-state index contributed by atoms with van der Waals surface area (Å²) in [6, 6.07) is 0. The van der Waals surface area contributed by atoms with Crippen LogP contribution in [0.15, 0.2) is 12.2 Å². The average Bonchev–Trinajstić information content (AvgIpc) is 2.36. The van der Waals surface area contributed by atoms with Gasteiger partial charge < -0.3 is 9.84 Å². The number of carboxylic acids is 1. The van der Waals surface area contributed by atoms with Crippen LogP contribution in [0.5, 0.6) is 0 Å². The molecule has 0 rings (SSSR count). The van der Waals surface area contributed by atoms with Crippen molar-refractivity contribution in [2.75, 3.05) is 6.61 Å². The van der Waals surface area contributed by atoms with Crippen molar-refractivity contribution in [1.29, 1.82) is 0 Å². The van der Waals surface area contributed by atoms with Crippen molar-refractivity contribution < 1.29 is 19.4 Å². The molecule has 0 fully saturated rings. The number of carboxylic acid groups (broad SMARTS) is 1. The second-order valence-electron chi connectivity index (χ2n) is 4.78. The van der Waals surface area contributed by atoms with Gasteiger partial charge in [-0.2, -0.15) is 0 Å². The van der Waals surface area contributed by atoms with Crippen molar-refractivity contribution in [2.24, 2.45) is 0 Å². The molecule has 0 bridgehead atoms. The lowest BCUT2D eigenvalue weighted by molar-refractivity contribution is -0.144. The highest BCUT2D eigenvalue weighted by Gasteiger charge is 2.10. The van der Waals surface area contributed by atoms with Crippen molar-refractivity contribution in [1.82, 2.24) is 0 Å². The second kappa shape index (κ2) is 11.8. The van der Waals surface area contributed by atoms with Crippen molar-refractivity contribution in [3.63, 3.8) is 0 Å². The van der Waals surface area contributed by atoms with Crippen molar-refractivity contribution in [2.45, 2.75) is 64.7 Å². The van der Waals surface area contributed by atoms with Gasteiger partial charge in [0.15, 0.2) is 0 Å². The van der Waals surface area contributed by atoms with Gasteiger partial charge in [0.2, 0.25) is 0 Å². The minimum atomic E-state index is -1.15. The molecule has 110 valence electrons. The standard InChI is InChI=1S/C15H26O4/c1-3-4-5-6-7-8-9-10-11-19-14(16)12-13(2)15(17)18/h2-12H2,1H3,(H,17,18). The van der Waals surface area contributed by atoms with E-state index in [9.17, 15) is 9.59 Å². The Balaban J connectivity index is 3.32. The summed E-state index contributed by atoms with van der Waals surface area (Å²) in [7, 11) is 0. The van der Waals surface area contributed by atoms with Gasteiger partial charge in [-0.05, 0) is 6.42 Å². The van der Waals surface area contributed by atoms with Crippen molar-refractivity contribution in [3.05, 3.63) is 12.2 Å². The maximum absolute atomic E-state index is 11.2. The van der Waals surface area contributed by atoms with Crippen LogP contribution in [0.25, 0.3) is 0 Å². The van der Waals surface area contributed by atoms with Gasteiger partial charge >= 0.3 is 11.9 Å². The van der Waals surface area contributed by atoms with Crippen LogP contribution in [0.2, 0.25) is 0 Å². The number of aliphatic carboxylic acids is 1. The lowest BCUT2D eigenvalue weighted by Crippen LogP contribution is -2.10. The largest absolute Gasteiger partial charge is 0.478 e. The smallest absolute Gasteiger partial charge is 0.331 e. The van der Waals surface area contributed by atoms with Crippen molar-refractivity contribution in [3.8, 4) is 0 Å². The first-order valence-electron chi connectivity index (χ1n) is 7.14. The van der Waals surface area contributed by atoms with Gasteiger partial charge in [0.25, 0.3) is 0 Å². The first-order chi connectivity index (χ1) is 9.07. The topological polar surface area (TPSA) is 63.6 Å². The van der Waals surface area contributed by atoms with Crippen LogP contribution in [0, 0.1) is 0 Å². The van der Waals surface area contributed by atoms with E-state index in [-0.39, 0.29) is 12.0 Å². The Morgan fingerprint density at radius 3 is 2.05 bits per heavy atom. The molecule has 0 radical (unpaired) electrons. The molecule has 0 aliphatic heterocycles. The zero-order valence-corrected chi connectivity index (χ0v) is 12.0. The van der Waals surface area contributed by atoms with E-state index in [4.69, 9.17) is 9.84 Å². The van der Waals surface area contributed by atoms with E-state index in [2.05, 4.69) is 13.5 Å². The molecule has 0 aromatic heterocycles. The van der Waals surface area contributed by atoms with Gasteiger partial charge in [-0.1, -0.05) is 58.4 Å². The quantitative estimate of drug-likeness (QED) is 0.333. The lowest BCUT2D eigenvalue weighted by Gasteiger charge is -2.05. The molecule has 0 aliphatic rings. The Bertz CT molecular complexity index is 284. The lowest BCUT2D eigenvalue weighted by atomic mass is 10.1. The molecule has 0 aromatic carbocycles. The molecule has 0 saturated heterocycles. The third-order valence-corrected chi connectivity index (χ3v) is 2.92. The number of hydrogen-bond donors (Lipinski definition) is 1. The summed E-state index contributed by atoms with van der Waals surface area (Å²) in [5, 5.41) is 8.55. The molecular weight excluding hydrogens is 244 g/mol. The molecule has 19 heavy (non-hydrogen) atoms. The number of carbonyl (C=O) groups is 2. The van der Waals surface area contributed by atoms with E-state index in [1.54, 1.807) is 0 Å². The molecule has 4 heteroatoms. The highest BCUT2D eigenvalue weighted by atomic mass is 16.5. The van der Waals surface area contributed by atoms with Gasteiger partial charge in [0, 0.05) is 5.57 Å². The average molecular weight is 270 g/mol. The molecule has 0 amide bonds. The van der Waals surface area contributed by atoms with Gasteiger partial charge in [0.1, 0.15) is 0 Å². The number of ether oxygens (including phenoxy) is 1. The number of carbonyl (C=O) groups excluding carboxylic acids is 1. The van der Waals surface area contributed by atoms with Crippen LogP contribution in [0.3, 0.4) is 0 Å². The maximum atomic E-state index is 11.2. The summed E-state index contributed by atoms with van der Waals surface area (Å²) in [6.07, 6.45) is 9.25. The van der Waals surface area contributed by atoms with E-state index < -0.39 is 11.9 Å². The fourth-order valence-corrected chi connectivity index (χ4v) is 1.72.